The van der Waals surface area contributed by atoms with Crippen LogP contribution in [0.2, 0.25) is 0 Å². The van der Waals surface area contributed by atoms with Crippen LogP contribution < -0.4 is 4.74 Å². The predicted octanol–water partition coefficient (Wildman–Crippen LogP) is 5.54. The number of aromatic nitrogens is 2. The van der Waals surface area contributed by atoms with Gasteiger partial charge in [-0.25, -0.2) is 0 Å². The van der Waals surface area contributed by atoms with Gasteiger partial charge in [0.1, 0.15) is 21.8 Å². The topological polar surface area (TPSA) is 58.8 Å². The summed E-state index contributed by atoms with van der Waals surface area (Å²) in [4.78, 5) is 0. The number of ether oxygens (including phenoxy) is 1. The Morgan fingerprint density at radius 2 is 2.11 bits per heavy atom. The molecule has 0 amide bonds. The molecule has 1 unspecified atom stereocenters. The molecule has 4 rings (SSSR count). The molecule has 0 saturated heterocycles. The van der Waals surface area contributed by atoms with E-state index >= 15 is 0 Å². The van der Waals surface area contributed by atoms with Crippen molar-refractivity contribution in [1.82, 2.24) is 10.2 Å². The van der Waals surface area contributed by atoms with Crippen LogP contribution in [0.4, 0.5) is 0 Å². The van der Waals surface area contributed by atoms with Crippen molar-refractivity contribution in [3.8, 4) is 22.4 Å². The first-order valence-electron chi connectivity index (χ1n) is 9.28. The molecule has 2 aliphatic rings. The maximum atomic E-state index is 9.44. The van der Waals surface area contributed by atoms with Crippen molar-refractivity contribution in [3.63, 3.8) is 0 Å². The number of benzene rings is 1. The number of nitrogens with zero attached hydrogens (tertiary/aromatic N) is 3. The van der Waals surface area contributed by atoms with Crippen LogP contribution in [0.5, 0.6) is 5.75 Å². The summed E-state index contributed by atoms with van der Waals surface area (Å²) in [6.45, 7) is 3.90. The van der Waals surface area contributed by atoms with Crippen LogP contribution in [-0.4, -0.2) is 16.3 Å². The van der Waals surface area contributed by atoms with Gasteiger partial charge in [0, 0.05) is 11.1 Å². The van der Waals surface area contributed by atoms with E-state index in [0.29, 0.717) is 17.2 Å². The first-order valence-corrected chi connectivity index (χ1v) is 10.1. The molecule has 1 heterocycles. The zero-order chi connectivity index (χ0) is 18.8. The van der Waals surface area contributed by atoms with Crippen molar-refractivity contribution in [2.75, 3.05) is 0 Å². The minimum Gasteiger partial charge on any atom is -0.490 e. The van der Waals surface area contributed by atoms with Crippen molar-refractivity contribution in [1.29, 1.82) is 5.26 Å². The van der Waals surface area contributed by atoms with Crippen molar-refractivity contribution in [2.24, 2.45) is 5.92 Å². The number of nitriles is 1. The third kappa shape index (κ3) is 3.72. The molecule has 0 bridgehead atoms. The van der Waals surface area contributed by atoms with Crippen LogP contribution in [0, 0.1) is 17.2 Å². The average molecular weight is 375 g/mol. The molecule has 0 N–H and O–H groups in total. The van der Waals surface area contributed by atoms with E-state index in [2.05, 4.69) is 40.6 Å². The average Bonchev–Trinajstić information content (AvgIpc) is 3.27. The van der Waals surface area contributed by atoms with E-state index in [4.69, 9.17) is 4.74 Å². The third-order valence-corrected chi connectivity index (χ3v) is 5.83. The van der Waals surface area contributed by atoms with Gasteiger partial charge in [-0.2, -0.15) is 5.26 Å². The SMILES string of the molecule is CC(C)Oc1ccc(-c2nnc(C3=CC4CCCC4=CC=C3)s2)cc1C#N. The quantitative estimate of drug-likeness (QED) is 0.703. The van der Waals surface area contributed by atoms with Gasteiger partial charge in [0.05, 0.1) is 11.7 Å². The fourth-order valence-electron chi connectivity index (χ4n) is 3.55. The van der Waals surface area contributed by atoms with Crippen LogP contribution in [0.25, 0.3) is 16.1 Å². The van der Waals surface area contributed by atoms with Gasteiger partial charge < -0.3 is 4.74 Å². The molecule has 136 valence electrons. The zero-order valence-corrected chi connectivity index (χ0v) is 16.3. The fourth-order valence-corrected chi connectivity index (χ4v) is 4.39. The summed E-state index contributed by atoms with van der Waals surface area (Å²) in [5, 5.41) is 20.0. The summed E-state index contributed by atoms with van der Waals surface area (Å²) >= 11 is 1.56. The third-order valence-electron chi connectivity index (χ3n) is 4.81. The standard InChI is InChI=1S/C22H21N3OS/c1-14(2)26-20-10-9-18(12-19(20)13-23)22-25-24-21(27-22)17-8-4-6-15-5-3-7-16(15)11-17/h4,6,8-12,14,16H,3,5,7H2,1-2H3. The Labute approximate surface area is 163 Å². The van der Waals surface area contributed by atoms with Gasteiger partial charge in [-0.3, -0.25) is 0 Å². The number of fused-ring (bicyclic) bond motifs is 1. The Bertz CT molecular complexity index is 991. The first kappa shape index (κ1) is 17.7. The van der Waals surface area contributed by atoms with Crippen molar-refractivity contribution in [3.05, 3.63) is 58.6 Å². The van der Waals surface area contributed by atoms with Gasteiger partial charge in [0.15, 0.2) is 0 Å². The molecule has 0 aliphatic heterocycles. The molecule has 4 nitrogen and oxygen atoms in total. The summed E-state index contributed by atoms with van der Waals surface area (Å²) < 4.78 is 5.70. The molecular formula is C22H21N3OS. The normalized spacial score (nSPS) is 18.5. The molecule has 2 aromatic rings. The lowest BCUT2D eigenvalue weighted by molar-refractivity contribution is 0.242. The zero-order valence-electron chi connectivity index (χ0n) is 15.5. The molecule has 1 aromatic carbocycles. The van der Waals surface area contributed by atoms with Crippen molar-refractivity contribution >= 4 is 16.9 Å². The van der Waals surface area contributed by atoms with Crippen molar-refractivity contribution < 1.29 is 4.74 Å². The minimum absolute atomic E-state index is 0.0270. The summed E-state index contributed by atoms with van der Waals surface area (Å²) in [7, 11) is 0. The summed E-state index contributed by atoms with van der Waals surface area (Å²) in [5.41, 5.74) is 4.07. The van der Waals surface area contributed by atoms with Gasteiger partial charge >= 0.3 is 0 Å². The fraction of sp³-hybridized carbons (Fsp3) is 0.318. The second-order valence-electron chi connectivity index (χ2n) is 7.12. The minimum atomic E-state index is 0.0270. The molecule has 0 radical (unpaired) electrons. The van der Waals surface area contributed by atoms with Gasteiger partial charge in [0.2, 0.25) is 0 Å². The number of allylic oxidation sites excluding steroid dienone is 6. The van der Waals surface area contributed by atoms with E-state index in [9.17, 15) is 5.26 Å². The lowest BCUT2D eigenvalue weighted by Gasteiger charge is -2.11. The molecule has 0 spiro atoms. The number of hydrogen-bond donors (Lipinski definition) is 0. The molecule has 1 aromatic heterocycles. The van der Waals surface area contributed by atoms with Gasteiger partial charge in [-0.1, -0.05) is 41.2 Å². The molecule has 27 heavy (non-hydrogen) atoms. The highest BCUT2D eigenvalue weighted by Crippen LogP contribution is 2.38. The Balaban J connectivity index is 1.62. The van der Waals surface area contributed by atoms with E-state index in [0.717, 1.165) is 21.2 Å². The largest absolute Gasteiger partial charge is 0.490 e. The van der Waals surface area contributed by atoms with E-state index in [-0.39, 0.29) is 6.10 Å². The van der Waals surface area contributed by atoms with Crippen LogP contribution in [0.15, 0.2) is 48.1 Å². The molecule has 1 atom stereocenters. The maximum Gasteiger partial charge on any atom is 0.148 e. The molecule has 1 saturated carbocycles. The lowest BCUT2D eigenvalue weighted by Crippen LogP contribution is -2.06. The highest BCUT2D eigenvalue weighted by Gasteiger charge is 2.21. The molecule has 2 aliphatic carbocycles. The Kier molecular flexibility index (Phi) is 4.91. The number of hydrogen-bond acceptors (Lipinski definition) is 5. The van der Waals surface area contributed by atoms with Crippen LogP contribution in [0.1, 0.15) is 43.7 Å². The Hall–Kier alpha value is -2.71. The van der Waals surface area contributed by atoms with Gasteiger partial charge in [-0.15, -0.1) is 10.2 Å². The molecular weight excluding hydrogens is 354 g/mol. The van der Waals surface area contributed by atoms with Gasteiger partial charge in [-0.05, 0) is 57.2 Å². The van der Waals surface area contributed by atoms with Crippen LogP contribution in [-0.2, 0) is 0 Å². The van der Waals surface area contributed by atoms with Crippen molar-refractivity contribution in [2.45, 2.75) is 39.2 Å². The predicted molar refractivity (Wildman–Crippen MR) is 108 cm³/mol. The highest BCUT2D eigenvalue weighted by atomic mass is 32.1. The monoisotopic (exact) mass is 375 g/mol. The Morgan fingerprint density at radius 3 is 2.93 bits per heavy atom. The highest BCUT2D eigenvalue weighted by molar-refractivity contribution is 7.15. The number of rotatable bonds is 4. The lowest BCUT2D eigenvalue weighted by atomic mass is 10.0. The molecule has 5 heteroatoms. The maximum absolute atomic E-state index is 9.44. The second-order valence-corrected chi connectivity index (χ2v) is 8.10. The molecule has 1 fully saturated rings. The van der Waals surface area contributed by atoms with E-state index in [1.165, 1.54) is 24.8 Å². The smallest absolute Gasteiger partial charge is 0.148 e. The van der Waals surface area contributed by atoms with E-state index in [1.54, 1.807) is 11.3 Å². The van der Waals surface area contributed by atoms with E-state index in [1.807, 2.05) is 32.0 Å². The van der Waals surface area contributed by atoms with Crippen LogP contribution >= 0.6 is 11.3 Å². The second kappa shape index (κ2) is 7.50. The van der Waals surface area contributed by atoms with Gasteiger partial charge in [0.25, 0.3) is 0 Å². The summed E-state index contributed by atoms with van der Waals surface area (Å²) in [5.74, 6) is 1.13. The van der Waals surface area contributed by atoms with E-state index < -0.39 is 0 Å². The summed E-state index contributed by atoms with van der Waals surface area (Å²) in [6, 6.07) is 7.83. The summed E-state index contributed by atoms with van der Waals surface area (Å²) in [6.07, 6.45) is 12.5. The Morgan fingerprint density at radius 1 is 1.26 bits per heavy atom. The first-order chi connectivity index (χ1) is 13.1. The van der Waals surface area contributed by atoms with Crippen LogP contribution in [0.3, 0.4) is 0 Å².